The molecule has 0 fully saturated rings. The minimum Gasteiger partial charge on any atom is -0.440 e. The molecule has 116 valence electrons. The SMILES string of the molecule is CN(C)c1ccc2c(c1)OC(N)=C(C#N)C2Cc1ccccc1. The summed E-state index contributed by atoms with van der Waals surface area (Å²) in [7, 11) is 3.96. The van der Waals surface area contributed by atoms with E-state index in [0.717, 1.165) is 23.4 Å². The first kappa shape index (κ1) is 15.0. The number of hydrogen-bond acceptors (Lipinski definition) is 4. The first-order valence-corrected chi connectivity index (χ1v) is 7.53. The Bertz CT molecular complexity index is 788. The van der Waals surface area contributed by atoms with Crippen molar-refractivity contribution in [3.8, 4) is 11.8 Å². The highest BCUT2D eigenvalue weighted by Crippen LogP contribution is 2.41. The van der Waals surface area contributed by atoms with Gasteiger partial charge in [-0.3, -0.25) is 0 Å². The molecule has 2 aromatic carbocycles. The lowest BCUT2D eigenvalue weighted by atomic mass is 9.84. The predicted molar refractivity (Wildman–Crippen MR) is 91.1 cm³/mol. The van der Waals surface area contributed by atoms with Crippen molar-refractivity contribution in [3.63, 3.8) is 0 Å². The summed E-state index contributed by atoms with van der Waals surface area (Å²) in [6, 6.07) is 18.4. The molecule has 4 nitrogen and oxygen atoms in total. The summed E-state index contributed by atoms with van der Waals surface area (Å²) in [5.74, 6) is 0.854. The summed E-state index contributed by atoms with van der Waals surface area (Å²) in [5, 5.41) is 9.50. The molecule has 0 saturated carbocycles. The molecule has 0 bridgehead atoms. The van der Waals surface area contributed by atoms with E-state index in [1.165, 1.54) is 5.56 Å². The van der Waals surface area contributed by atoms with Crippen LogP contribution in [0.4, 0.5) is 5.69 Å². The van der Waals surface area contributed by atoms with Gasteiger partial charge in [-0.25, -0.2) is 0 Å². The summed E-state index contributed by atoms with van der Waals surface area (Å²) < 4.78 is 5.70. The van der Waals surface area contributed by atoms with Crippen LogP contribution in [-0.4, -0.2) is 14.1 Å². The normalized spacial score (nSPS) is 16.3. The van der Waals surface area contributed by atoms with Gasteiger partial charge in [0.15, 0.2) is 0 Å². The van der Waals surface area contributed by atoms with Crippen LogP contribution in [0.3, 0.4) is 0 Å². The van der Waals surface area contributed by atoms with E-state index in [4.69, 9.17) is 10.5 Å². The number of nitriles is 1. The second-order valence-corrected chi connectivity index (χ2v) is 5.85. The summed E-state index contributed by atoms with van der Waals surface area (Å²) in [5.41, 5.74) is 9.71. The monoisotopic (exact) mass is 305 g/mol. The zero-order chi connectivity index (χ0) is 16.4. The van der Waals surface area contributed by atoms with Gasteiger partial charge >= 0.3 is 0 Å². The van der Waals surface area contributed by atoms with Crippen LogP contribution in [0, 0.1) is 11.3 Å². The van der Waals surface area contributed by atoms with Gasteiger partial charge in [0.2, 0.25) is 5.88 Å². The maximum absolute atomic E-state index is 9.50. The number of rotatable bonds is 3. The van der Waals surface area contributed by atoms with Crippen molar-refractivity contribution in [2.24, 2.45) is 5.73 Å². The van der Waals surface area contributed by atoms with E-state index in [1.54, 1.807) is 0 Å². The summed E-state index contributed by atoms with van der Waals surface area (Å²) in [4.78, 5) is 2.01. The van der Waals surface area contributed by atoms with Crippen LogP contribution in [0.1, 0.15) is 17.0 Å². The fourth-order valence-corrected chi connectivity index (χ4v) is 2.87. The lowest BCUT2D eigenvalue weighted by molar-refractivity contribution is 0.388. The Kier molecular flexibility index (Phi) is 3.94. The Balaban J connectivity index is 2.05. The average molecular weight is 305 g/mol. The molecule has 0 radical (unpaired) electrons. The highest BCUT2D eigenvalue weighted by molar-refractivity contribution is 5.58. The third-order valence-electron chi connectivity index (χ3n) is 4.13. The largest absolute Gasteiger partial charge is 0.440 e. The van der Waals surface area contributed by atoms with Gasteiger partial charge in [0.1, 0.15) is 11.8 Å². The molecular weight excluding hydrogens is 286 g/mol. The van der Waals surface area contributed by atoms with Crippen molar-refractivity contribution >= 4 is 5.69 Å². The molecule has 0 aromatic heterocycles. The fourth-order valence-electron chi connectivity index (χ4n) is 2.87. The van der Waals surface area contributed by atoms with Crippen LogP contribution < -0.4 is 15.4 Å². The van der Waals surface area contributed by atoms with Crippen molar-refractivity contribution in [2.75, 3.05) is 19.0 Å². The van der Waals surface area contributed by atoms with Crippen LogP contribution in [0.25, 0.3) is 0 Å². The minimum atomic E-state index is -0.0811. The minimum absolute atomic E-state index is 0.0811. The smallest absolute Gasteiger partial charge is 0.205 e. The van der Waals surface area contributed by atoms with Gasteiger partial charge in [-0.1, -0.05) is 36.4 Å². The Morgan fingerprint density at radius 2 is 1.91 bits per heavy atom. The molecule has 0 aliphatic carbocycles. The highest BCUT2D eigenvalue weighted by atomic mass is 16.5. The van der Waals surface area contributed by atoms with Gasteiger partial charge in [0.25, 0.3) is 0 Å². The molecule has 2 N–H and O–H groups in total. The van der Waals surface area contributed by atoms with E-state index < -0.39 is 0 Å². The highest BCUT2D eigenvalue weighted by Gasteiger charge is 2.29. The van der Waals surface area contributed by atoms with E-state index in [-0.39, 0.29) is 11.8 Å². The fraction of sp³-hybridized carbons (Fsp3) is 0.211. The summed E-state index contributed by atoms with van der Waals surface area (Å²) in [6.07, 6.45) is 0.724. The van der Waals surface area contributed by atoms with Gasteiger partial charge in [0.05, 0.1) is 5.57 Å². The van der Waals surface area contributed by atoms with Gasteiger partial charge < -0.3 is 15.4 Å². The Morgan fingerprint density at radius 3 is 2.57 bits per heavy atom. The van der Waals surface area contributed by atoms with E-state index in [1.807, 2.05) is 55.4 Å². The molecule has 0 spiro atoms. The first-order valence-electron chi connectivity index (χ1n) is 7.53. The van der Waals surface area contributed by atoms with Crippen LogP contribution in [0.5, 0.6) is 5.75 Å². The summed E-state index contributed by atoms with van der Waals surface area (Å²) in [6.45, 7) is 0. The predicted octanol–water partition coefficient (Wildman–Crippen LogP) is 3.17. The maximum atomic E-state index is 9.50. The molecule has 2 aromatic rings. The van der Waals surface area contributed by atoms with E-state index >= 15 is 0 Å². The van der Waals surface area contributed by atoms with Gasteiger partial charge in [-0.2, -0.15) is 5.26 Å². The summed E-state index contributed by atoms with van der Waals surface area (Å²) >= 11 is 0. The molecule has 0 saturated heterocycles. The van der Waals surface area contributed by atoms with Gasteiger partial charge in [-0.05, 0) is 18.1 Å². The van der Waals surface area contributed by atoms with Crippen molar-refractivity contribution in [2.45, 2.75) is 12.3 Å². The number of allylic oxidation sites excluding steroid dienone is 1. The molecule has 1 atom stereocenters. The Labute approximate surface area is 136 Å². The van der Waals surface area contributed by atoms with Gasteiger partial charge in [-0.15, -0.1) is 0 Å². The van der Waals surface area contributed by atoms with E-state index in [2.05, 4.69) is 18.2 Å². The molecule has 4 heteroatoms. The number of ether oxygens (including phenoxy) is 1. The molecule has 3 rings (SSSR count). The topological polar surface area (TPSA) is 62.3 Å². The molecule has 0 amide bonds. The second-order valence-electron chi connectivity index (χ2n) is 5.85. The number of nitrogens with two attached hydrogens (primary N) is 1. The lowest BCUT2D eigenvalue weighted by Gasteiger charge is -2.27. The van der Waals surface area contributed by atoms with Crippen molar-refractivity contribution < 1.29 is 4.74 Å². The van der Waals surface area contributed by atoms with E-state index in [0.29, 0.717) is 5.57 Å². The number of benzene rings is 2. The first-order chi connectivity index (χ1) is 11.1. The van der Waals surface area contributed by atoms with Crippen LogP contribution >= 0.6 is 0 Å². The number of nitrogens with zero attached hydrogens (tertiary/aromatic N) is 2. The zero-order valence-corrected chi connectivity index (χ0v) is 13.3. The molecule has 23 heavy (non-hydrogen) atoms. The standard InChI is InChI=1S/C19H19N3O/c1-22(2)14-8-9-15-16(10-13-6-4-3-5-7-13)17(12-20)19(21)23-18(15)11-14/h3-9,11,16H,10,21H2,1-2H3. The van der Waals surface area contributed by atoms with Gasteiger partial charge in [0, 0.05) is 37.3 Å². The average Bonchev–Trinajstić information content (AvgIpc) is 2.55. The second kappa shape index (κ2) is 6.05. The molecule has 1 aliphatic heterocycles. The van der Waals surface area contributed by atoms with Crippen molar-refractivity contribution in [1.82, 2.24) is 0 Å². The van der Waals surface area contributed by atoms with Crippen LogP contribution in [0.15, 0.2) is 60.0 Å². The molecule has 1 aliphatic rings. The Hall–Kier alpha value is -2.93. The van der Waals surface area contributed by atoms with Crippen LogP contribution in [-0.2, 0) is 6.42 Å². The zero-order valence-electron chi connectivity index (χ0n) is 13.3. The quantitative estimate of drug-likeness (QED) is 0.946. The maximum Gasteiger partial charge on any atom is 0.205 e. The molecule has 1 heterocycles. The third kappa shape index (κ3) is 2.86. The lowest BCUT2D eigenvalue weighted by Crippen LogP contribution is -2.22. The number of fused-ring (bicyclic) bond motifs is 1. The van der Waals surface area contributed by atoms with E-state index in [9.17, 15) is 5.26 Å². The molecular formula is C19H19N3O. The number of hydrogen-bond donors (Lipinski definition) is 1. The molecule has 1 unspecified atom stereocenters. The van der Waals surface area contributed by atoms with Crippen molar-refractivity contribution in [3.05, 3.63) is 71.1 Å². The number of anilines is 1. The van der Waals surface area contributed by atoms with Crippen molar-refractivity contribution in [1.29, 1.82) is 5.26 Å². The Morgan fingerprint density at radius 1 is 1.17 bits per heavy atom. The third-order valence-corrected chi connectivity index (χ3v) is 4.13. The van der Waals surface area contributed by atoms with Crippen LogP contribution in [0.2, 0.25) is 0 Å².